The van der Waals surface area contributed by atoms with E-state index in [1.807, 2.05) is 76.4 Å². The van der Waals surface area contributed by atoms with Gasteiger partial charge >= 0.3 is 0 Å². The van der Waals surface area contributed by atoms with Gasteiger partial charge in [-0.15, -0.1) is 54.1 Å². The van der Waals surface area contributed by atoms with Crippen LogP contribution in [0.5, 0.6) is 0 Å². The van der Waals surface area contributed by atoms with Gasteiger partial charge in [0.1, 0.15) is 5.58 Å². The van der Waals surface area contributed by atoms with Crippen LogP contribution in [0.4, 0.5) is 0 Å². The Morgan fingerprint density at radius 1 is 0.700 bits per heavy atom. The van der Waals surface area contributed by atoms with Gasteiger partial charge < -0.3 is 14.4 Å². The van der Waals surface area contributed by atoms with Crippen LogP contribution in [-0.4, -0.2) is 18.0 Å². The summed E-state index contributed by atoms with van der Waals surface area (Å²) in [6, 6.07) is 40.8. The Hall–Kier alpha value is -4.41. The predicted octanol–water partition coefficient (Wildman–Crippen LogP) is 12.1. The van der Waals surface area contributed by atoms with Crippen LogP contribution in [0.3, 0.4) is 0 Å². The Kier molecular flexibility index (Phi) is 9.12. The summed E-state index contributed by atoms with van der Waals surface area (Å²) in [5.41, 5.74) is 6.56. The number of benzene rings is 5. The summed E-state index contributed by atoms with van der Waals surface area (Å²) in [6.07, 6.45) is 2.12. The molecular formula is C45H42IrN2OSi-2. The number of hydrogen-bond donors (Lipinski definition) is 0. The third-order valence-corrected chi connectivity index (χ3v) is 11.1. The van der Waals surface area contributed by atoms with Gasteiger partial charge in [0.25, 0.3) is 0 Å². The van der Waals surface area contributed by atoms with Gasteiger partial charge in [-0.25, -0.2) is 0 Å². The van der Waals surface area contributed by atoms with E-state index in [2.05, 4.69) is 96.3 Å². The van der Waals surface area contributed by atoms with Gasteiger partial charge in [-0.1, -0.05) is 118 Å². The zero-order valence-corrected chi connectivity index (χ0v) is 32.9. The number of aromatic nitrogens is 2. The molecule has 3 aromatic heterocycles. The van der Waals surface area contributed by atoms with Crippen molar-refractivity contribution in [2.24, 2.45) is 0 Å². The molecule has 0 fully saturated rings. The molecule has 1 radical (unpaired) electrons. The van der Waals surface area contributed by atoms with E-state index in [1.54, 1.807) is 6.07 Å². The second-order valence-corrected chi connectivity index (χ2v) is 19.1. The summed E-state index contributed by atoms with van der Waals surface area (Å²) in [4.78, 5) is 9.04. The first-order chi connectivity index (χ1) is 24.6. The Morgan fingerprint density at radius 2 is 1.48 bits per heavy atom. The zero-order chi connectivity index (χ0) is 37.0. The van der Waals surface area contributed by atoms with Crippen LogP contribution in [0.1, 0.15) is 54.7 Å². The fraction of sp³-hybridized carbons (Fsp3) is 0.200. The third-order valence-electron chi connectivity index (χ3n) is 9.06. The molecule has 3 nitrogen and oxygen atoms in total. The molecule has 0 saturated heterocycles. The number of fused-ring (bicyclic) bond motifs is 6. The average molecular weight is 850 g/mol. The maximum atomic E-state index is 8.44. The van der Waals surface area contributed by atoms with Gasteiger partial charge in [-0.2, -0.15) is 0 Å². The van der Waals surface area contributed by atoms with Crippen LogP contribution in [0.15, 0.2) is 120 Å². The van der Waals surface area contributed by atoms with Crippen molar-refractivity contribution in [1.29, 1.82) is 0 Å². The van der Waals surface area contributed by atoms with Crippen molar-refractivity contribution in [2.45, 2.75) is 59.1 Å². The van der Waals surface area contributed by atoms with Crippen molar-refractivity contribution in [1.82, 2.24) is 9.97 Å². The minimum atomic E-state index is -1.50. The topological polar surface area (TPSA) is 38.9 Å². The Morgan fingerprint density at radius 3 is 2.22 bits per heavy atom. The molecule has 0 amide bonds. The molecule has 0 aliphatic carbocycles. The van der Waals surface area contributed by atoms with Gasteiger partial charge in [-0.3, -0.25) is 0 Å². The summed E-state index contributed by atoms with van der Waals surface area (Å²) in [7, 11) is -1.50. The van der Waals surface area contributed by atoms with Gasteiger partial charge in [0, 0.05) is 40.6 Å². The number of pyridine rings is 2. The Balaban J connectivity index is 0.000000199. The smallest absolute Gasteiger partial charge is 0.121 e. The van der Waals surface area contributed by atoms with Gasteiger partial charge in [0.15, 0.2) is 0 Å². The third kappa shape index (κ3) is 6.96. The van der Waals surface area contributed by atoms with E-state index in [4.69, 9.17) is 8.53 Å². The normalized spacial score (nSPS) is 13.0. The minimum Gasteiger partial charge on any atom is -0.501 e. The molecule has 5 heteroatoms. The van der Waals surface area contributed by atoms with Crippen LogP contribution in [-0.2, 0) is 20.1 Å². The standard InChI is InChI=1S/C28H20NO.C17H22NSi.Ir/c1-17(2)19-12-13-29-26(15-19)23-9-5-8-22-25-14-20-11-10-18-6-3-4-7-21(18)24(20)16-27(25)30-28(22)23;1-13(2)15-11-16(14-9-7-6-8-10-14)18-12-17(15)19(3,4)5;/h3-8,10-17H,1-2H3;6-9,11-13H,1-5H3;/q2*-1;/i13D,17D;13D;. The number of furan rings is 1. The van der Waals surface area contributed by atoms with Crippen LogP contribution in [0.2, 0.25) is 19.6 Å². The van der Waals surface area contributed by atoms with Gasteiger partial charge in [0.05, 0.1) is 15.0 Å². The van der Waals surface area contributed by atoms with Crippen LogP contribution in [0.25, 0.3) is 66.0 Å². The van der Waals surface area contributed by atoms with Crippen LogP contribution >= 0.6 is 0 Å². The van der Waals surface area contributed by atoms with E-state index in [1.165, 1.54) is 16.0 Å². The molecular weight excluding hydrogens is 805 g/mol. The molecule has 0 atom stereocenters. The molecule has 8 rings (SSSR count). The quantitative estimate of drug-likeness (QED) is 0.0984. The molecule has 8 aromatic rings. The van der Waals surface area contributed by atoms with E-state index in [0.29, 0.717) is 16.8 Å². The fourth-order valence-corrected chi connectivity index (χ4v) is 7.99. The Bertz CT molecular complexity index is 2600. The fourth-order valence-electron chi connectivity index (χ4n) is 6.41. The molecule has 50 heavy (non-hydrogen) atoms. The second kappa shape index (κ2) is 14.4. The van der Waals surface area contributed by atoms with Crippen molar-refractivity contribution >= 4 is 56.7 Å². The summed E-state index contributed by atoms with van der Waals surface area (Å²) >= 11 is 0. The molecule has 5 aromatic carbocycles. The maximum absolute atomic E-state index is 8.44. The van der Waals surface area contributed by atoms with E-state index >= 15 is 0 Å². The van der Waals surface area contributed by atoms with E-state index in [9.17, 15) is 0 Å². The van der Waals surface area contributed by atoms with E-state index in [-0.39, 0.29) is 26.3 Å². The number of rotatable bonds is 5. The number of hydrogen-bond acceptors (Lipinski definition) is 3. The van der Waals surface area contributed by atoms with E-state index in [0.717, 1.165) is 49.5 Å². The molecule has 253 valence electrons. The largest absolute Gasteiger partial charge is 0.501 e. The molecule has 0 spiro atoms. The average Bonchev–Trinajstić information content (AvgIpc) is 3.47. The van der Waals surface area contributed by atoms with E-state index < -0.39 is 19.9 Å². The van der Waals surface area contributed by atoms with Crippen molar-refractivity contribution in [2.75, 3.05) is 0 Å². The molecule has 3 heterocycles. The molecule has 0 aliphatic rings. The first-order valence-corrected chi connectivity index (χ1v) is 20.2. The van der Waals surface area contributed by atoms with Crippen molar-refractivity contribution in [3.8, 4) is 22.5 Å². The Labute approximate surface area is 314 Å². The van der Waals surface area contributed by atoms with Gasteiger partial charge in [0.2, 0.25) is 0 Å². The van der Waals surface area contributed by atoms with Crippen molar-refractivity contribution in [3.05, 3.63) is 139 Å². The number of nitrogens with zero attached hydrogens (tertiary/aromatic N) is 2. The van der Waals surface area contributed by atoms with Crippen LogP contribution in [0, 0.1) is 12.1 Å². The maximum Gasteiger partial charge on any atom is 0.121 e. The van der Waals surface area contributed by atoms with Crippen LogP contribution < -0.4 is 5.19 Å². The molecule has 0 N–H and O–H groups in total. The first kappa shape index (κ1) is 31.6. The van der Waals surface area contributed by atoms with Crippen molar-refractivity contribution < 1.29 is 28.6 Å². The summed E-state index contributed by atoms with van der Waals surface area (Å²) < 4.78 is 31.4. The molecule has 0 saturated carbocycles. The SMILES string of the molecule is [2H]C(C)(C)c1cc(-c2[c-]cccc2)ncc1[Si](C)(C)C.[2H]c1cc(C([2H])(C)C)cc(-c2[c-]ccc3c2oc2cc4c(ccc5ccccc54)cc23)n1.[Ir]. The summed E-state index contributed by atoms with van der Waals surface area (Å²) in [5.74, 6) is -1.43. The zero-order valence-electron chi connectivity index (χ0n) is 32.5. The first-order valence-electron chi connectivity index (χ1n) is 18.2. The monoisotopic (exact) mass is 850 g/mol. The molecule has 0 aliphatic heterocycles. The second-order valence-electron chi connectivity index (χ2n) is 14.1. The minimum absolute atomic E-state index is 0. The molecule has 0 unspecified atom stereocenters. The predicted molar refractivity (Wildman–Crippen MR) is 210 cm³/mol. The van der Waals surface area contributed by atoms with Crippen molar-refractivity contribution in [3.63, 3.8) is 0 Å². The summed E-state index contributed by atoms with van der Waals surface area (Å²) in [6.45, 7) is 14.4. The van der Waals surface area contributed by atoms with Gasteiger partial charge in [-0.05, 0) is 68.1 Å². The molecule has 0 bridgehead atoms. The summed E-state index contributed by atoms with van der Waals surface area (Å²) in [5, 5.41) is 8.03.